The van der Waals surface area contributed by atoms with Crippen LogP contribution in [-0.4, -0.2) is 16.5 Å². The monoisotopic (exact) mass is 303 g/mol. The Morgan fingerprint density at radius 1 is 1.14 bits per heavy atom. The molecule has 0 unspecified atom stereocenters. The van der Waals surface area contributed by atoms with Gasteiger partial charge in [-0.2, -0.15) is 0 Å². The molecule has 0 aliphatic carbocycles. The van der Waals surface area contributed by atoms with Gasteiger partial charge in [-0.1, -0.05) is 23.7 Å². The zero-order valence-corrected chi connectivity index (χ0v) is 11.6. The van der Waals surface area contributed by atoms with Crippen LogP contribution in [0.1, 0.15) is 32.8 Å². The highest BCUT2D eigenvalue weighted by atomic mass is 35.5. The number of carbonyl (C=O) groups is 2. The molecule has 2 heterocycles. The van der Waals surface area contributed by atoms with Gasteiger partial charge in [0, 0.05) is 34.0 Å². The number of hydrogen-bond acceptors (Lipinski definition) is 4. The second-order valence-corrected chi connectivity index (χ2v) is 5.32. The Labute approximate surface area is 125 Å². The first kappa shape index (κ1) is 13.7. The SMILES string of the molecule is O=C([O-])c1c(C(=O)[O-])c(-c2cccc(Cl)c2)n2c1CCC2. The molecule has 0 radical (unpaired) electrons. The van der Waals surface area contributed by atoms with E-state index in [1.807, 2.05) is 0 Å². The minimum absolute atomic E-state index is 0.275. The van der Waals surface area contributed by atoms with Crippen LogP contribution in [0.2, 0.25) is 5.02 Å². The van der Waals surface area contributed by atoms with Gasteiger partial charge < -0.3 is 24.4 Å². The van der Waals surface area contributed by atoms with Crippen molar-refractivity contribution < 1.29 is 19.8 Å². The number of fused-ring (bicyclic) bond motifs is 1. The van der Waals surface area contributed by atoms with E-state index in [0.29, 0.717) is 34.9 Å². The van der Waals surface area contributed by atoms with Gasteiger partial charge in [0.1, 0.15) is 0 Å². The third-order valence-electron chi connectivity index (χ3n) is 3.67. The Bertz CT molecular complexity index is 763. The van der Waals surface area contributed by atoms with E-state index in [4.69, 9.17) is 11.6 Å². The lowest BCUT2D eigenvalue weighted by Gasteiger charge is -2.12. The molecule has 0 spiro atoms. The van der Waals surface area contributed by atoms with E-state index in [-0.39, 0.29) is 11.1 Å². The predicted octanol–water partition coefficient (Wildman–Crippen LogP) is 0.482. The molecule has 2 aromatic rings. The number of halogens is 1. The van der Waals surface area contributed by atoms with Crippen LogP contribution in [0.15, 0.2) is 24.3 Å². The van der Waals surface area contributed by atoms with Crippen LogP contribution in [0.5, 0.6) is 0 Å². The van der Waals surface area contributed by atoms with Crippen molar-refractivity contribution in [3.05, 3.63) is 46.1 Å². The normalized spacial score (nSPS) is 13.2. The molecule has 0 bridgehead atoms. The molecule has 1 aromatic heterocycles. The molecule has 0 saturated heterocycles. The highest BCUT2D eigenvalue weighted by Crippen LogP contribution is 2.36. The number of carbonyl (C=O) groups excluding carboxylic acids is 2. The maximum Gasteiger partial charge on any atom is 0.0743 e. The summed E-state index contributed by atoms with van der Waals surface area (Å²) in [5, 5.41) is 23.3. The van der Waals surface area contributed by atoms with E-state index in [9.17, 15) is 19.8 Å². The minimum Gasteiger partial charge on any atom is -0.545 e. The van der Waals surface area contributed by atoms with Gasteiger partial charge in [0.2, 0.25) is 0 Å². The van der Waals surface area contributed by atoms with Crippen LogP contribution in [0.4, 0.5) is 0 Å². The lowest BCUT2D eigenvalue weighted by molar-refractivity contribution is -0.259. The molecule has 21 heavy (non-hydrogen) atoms. The fraction of sp³-hybridized carbons (Fsp3) is 0.200. The number of nitrogens with zero attached hydrogens (tertiary/aromatic N) is 1. The van der Waals surface area contributed by atoms with Crippen molar-refractivity contribution in [1.82, 2.24) is 4.57 Å². The molecule has 108 valence electrons. The van der Waals surface area contributed by atoms with Crippen molar-refractivity contribution in [2.45, 2.75) is 19.4 Å². The van der Waals surface area contributed by atoms with E-state index in [1.165, 1.54) is 0 Å². The summed E-state index contributed by atoms with van der Waals surface area (Å²) in [6.07, 6.45) is 1.26. The quantitative estimate of drug-likeness (QED) is 0.825. The van der Waals surface area contributed by atoms with Gasteiger partial charge in [0.05, 0.1) is 17.6 Å². The van der Waals surface area contributed by atoms with Gasteiger partial charge in [-0.25, -0.2) is 0 Å². The van der Waals surface area contributed by atoms with E-state index >= 15 is 0 Å². The summed E-state index contributed by atoms with van der Waals surface area (Å²) >= 11 is 5.95. The number of carboxylic acid groups (broad SMARTS) is 2. The van der Waals surface area contributed by atoms with E-state index in [2.05, 4.69) is 0 Å². The number of benzene rings is 1. The molecule has 0 N–H and O–H groups in total. The zero-order valence-electron chi connectivity index (χ0n) is 10.9. The number of aromatic carboxylic acids is 2. The Balaban J connectivity index is 2.37. The molecular weight excluding hydrogens is 294 g/mol. The van der Waals surface area contributed by atoms with Gasteiger partial charge in [-0.3, -0.25) is 0 Å². The van der Waals surface area contributed by atoms with Crippen molar-refractivity contribution in [3.8, 4) is 11.3 Å². The highest BCUT2D eigenvalue weighted by molar-refractivity contribution is 6.30. The zero-order chi connectivity index (χ0) is 15.1. The van der Waals surface area contributed by atoms with Crippen LogP contribution < -0.4 is 10.2 Å². The smallest absolute Gasteiger partial charge is 0.0743 e. The van der Waals surface area contributed by atoms with Gasteiger partial charge in [-0.15, -0.1) is 0 Å². The first-order valence-corrected chi connectivity index (χ1v) is 6.82. The lowest BCUT2D eigenvalue weighted by Crippen LogP contribution is -2.30. The van der Waals surface area contributed by atoms with Gasteiger partial charge in [0.25, 0.3) is 0 Å². The Hall–Kier alpha value is -2.27. The van der Waals surface area contributed by atoms with Crippen molar-refractivity contribution in [2.24, 2.45) is 0 Å². The third-order valence-corrected chi connectivity index (χ3v) is 3.91. The summed E-state index contributed by atoms with van der Waals surface area (Å²) in [5.74, 6) is -3.01. The van der Waals surface area contributed by atoms with E-state index in [0.717, 1.165) is 6.42 Å². The van der Waals surface area contributed by atoms with Gasteiger partial charge in [-0.05, 0) is 25.0 Å². The number of hydrogen-bond donors (Lipinski definition) is 0. The summed E-state index contributed by atoms with van der Waals surface area (Å²) < 4.78 is 1.71. The number of aromatic nitrogens is 1. The van der Waals surface area contributed by atoms with Crippen LogP contribution >= 0.6 is 11.6 Å². The van der Waals surface area contributed by atoms with Crippen LogP contribution in [0, 0.1) is 0 Å². The number of rotatable bonds is 3. The summed E-state index contributed by atoms with van der Waals surface area (Å²) in [5.41, 5.74) is 0.750. The summed E-state index contributed by atoms with van der Waals surface area (Å²) in [7, 11) is 0. The molecule has 0 saturated carbocycles. The molecule has 1 aliphatic rings. The minimum atomic E-state index is -1.52. The number of carboxylic acids is 2. The van der Waals surface area contributed by atoms with Crippen molar-refractivity contribution in [3.63, 3.8) is 0 Å². The average molecular weight is 304 g/mol. The predicted molar refractivity (Wildman–Crippen MR) is 71.9 cm³/mol. The fourth-order valence-corrected chi connectivity index (χ4v) is 3.12. The second-order valence-electron chi connectivity index (χ2n) is 4.89. The summed E-state index contributed by atoms with van der Waals surface area (Å²) in [6, 6.07) is 6.65. The second kappa shape index (κ2) is 4.93. The van der Waals surface area contributed by atoms with Crippen LogP contribution in [0.3, 0.4) is 0 Å². The first-order valence-electron chi connectivity index (χ1n) is 6.44. The summed E-state index contributed by atoms with van der Waals surface area (Å²) in [6.45, 7) is 0.560. The third kappa shape index (κ3) is 2.10. The van der Waals surface area contributed by atoms with Crippen molar-refractivity contribution in [2.75, 3.05) is 0 Å². The molecule has 1 aromatic carbocycles. The topological polar surface area (TPSA) is 85.2 Å². The maximum atomic E-state index is 11.5. The van der Waals surface area contributed by atoms with Crippen molar-refractivity contribution in [1.29, 1.82) is 0 Å². The van der Waals surface area contributed by atoms with Gasteiger partial charge in [0.15, 0.2) is 0 Å². The maximum absolute atomic E-state index is 11.5. The molecule has 3 rings (SSSR count). The Kier molecular flexibility index (Phi) is 3.22. The molecule has 5 nitrogen and oxygen atoms in total. The largest absolute Gasteiger partial charge is 0.545 e. The Morgan fingerprint density at radius 3 is 2.48 bits per heavy atom. The highest BCUT2D eigenvalue weighted by Gasteiger charge is 2.27. The van der Waals surface area contributed by atoms with Crippen LogP contribution in [0.25, 0.3) is 11.3 Å². The molecule has 0 amide bonds. The molecule has 6 heteroatoms. The van der Waals surface area contributed by atoms with E-state index in [1.54, 1.807) is 28.8 Å². The fourth-order valence-electron chi connectivity index (χ4n) is 2.93. The van der Waals surface area contributed by atoms with Gasteiger partial charge >= 0.3 is 0 Å². The van der Waals surface area contributed by atoms with Crippen LogP contribution in [-0.2, 0) is 13.0 Å². The Morgan fingerprint density at radius 2 is 1.86 bits per heavy atom. The van der Waals surface area contributed by atoms with E-state index < -0.39 is 11.9 Å². The molecular formula is C15H10ClNO4-2. The molecule has 0 atom stereocenters. The first-order chi connectivity index (χ1) is 10.0. The molecule has 1 aliphatic heterocycles. The lowest BCUT2D eigenvalue weighted by atomic mass is 10.0. The molecule has 0 fully saturated rings. The average Bonchev–Trinajstić information content (AvgIpc) is 2.96. The summed E-state index contributed by atoms with van der Waals surface area (Å²) in [4.78, 5) is 22.8. The van der Waals surface area contributed by atoms with Crippen molar-refractivity contribution >= 4 is 23.5 Å². The standard InChI is InChI=1S/C15H12ClNO4/c16-9-4-1-3-8(7-9)13-12(15(20)21)11(14(18)19)10-5-2-6-17(10)13/h1,3-4,7H,2,5-6H2,(H,18,19)(H,20,21)/p-2.